The Morgan fingerprint density at radius 2 is 2.21 bits per heavy atom. The molecule has 19 heavy (non-hydrogen) atoms. The molecular formula is C14H24N4S. The van der Waals surface area contributed by atoms with Crippen LogP contribution in [0.3, 0.4) is 0 Å². The molecule has 106 valence electrons. The Labute approximate surface area is 119 Å². The highest BCUT2D eigenvalue weighted by atomic mass is 32.1. The van der Waals surface area contributed by atoms with E-state index >= 15 is 0 Å². The largest absolute Gasteiger partial charge is 0.370 e. The van der Waals surface area contributed by atoms with Gasteiger partial charge in [0.25, 0.3) is 0 Å². The molecular weight excluding hydrogens is 256 g/mol. The van der Waals surface area contributed by atoms with Gasteiger partial charge in [-0.05, 0) is 12.8 Å². The van der Waals surface area contributed by atoms with Gasteiger partial charge in [-0.2, -0.15) is 0 Å². The van der Waals surface area contributed by atoms with Crippen LogP contribution in [-0.2, 0) is 6.54 Å². The normalized spacial score (nSPS) is 17.9. The second kappa shape index (κ2) is 6.89. The molecule has 0 spiro atoms. The van der Waals surface area contributed by atoms with Crippen molar-refractivity contribution in [3.05, 3.63) is 16.1 Å². The molecule has 1 heterocycles. The molecule has 2 rings (SSSR count). The molecule has 0 unspecified atom stereocenters. The Morgan fingerprint density at radius 1 is 1.47 bits per heavy atom. The highest BCUT2D eigenvalue weighted by Gasteiger charge is 2.13. The first-order valence-corrected chi connectivity index (χ1v) is 8.04. The molecule has 1 aliphatic rings. The minimum Gasteiger partial charge on any atom is -0.370 e. The summed E-state index contributed by atoms with van der Waals surface area (Å²) in [5, 5.41) is 6.57. The lowest BCUT2D eigenvalue weighted by atomic mass is 9.96. The second-order valence-electron chi connectivity index (χ2n) is 5.51. The van der Waals surface area contributed by atoms with Gasteiger partial charge in [0, 0.05) is 17.3 Å². The fourth-order valence-corrected chi connectivity index (χ4v) is 3.15. The third-order valence-electron chi connectivity index (χ3n) is 3.43. The third kappa shape index (κ3) is 4.49. The van der Waals surface area contributed by atoms with E-state index in [4.69, 9.17) is 5.73 Å². The summed E-state index contributed by atoms with van der Waals surface area (Å²) < 4.78 is 0. The summed E-state index contributed by atoms with van der Waals surface area (Å²) >= 11 is 1.70. The van der Waals surface area contributed by atoms with Crippen LogP contribution >= 0.6 is 11.3 Å². The van der Waals surface area contributed by atoms with Gasteiger partial charge in [-0.15, -0.1) is 11.3 Å². The number of guanidine groups is 1. The van der Waals surface area contributed by atoms with Crippen molar-refractivity contribution in [2.45, 2.75) is 64.5 Å². The van der Waals surface area contributed by atoms with Crippen LogP contribution in [0.1, 0.15) is 62.6 Å². The number of hydrogen-bond donors (Lipinski definition) is 2. The number of nitrogens with one attached hydrogen (secondary N) is 1. The van der Waals surface area contributed by atoms with Gasteiger partial charge >= 0.3 is 0 Å². The Kier molecular flexibility index (Phi) is 5.19. The van der Waals surface area contributed by atoms with E-state index in [1.54, 1.807) is 11.3 Å². The number of aliphatic imine (C=N–C) groups is 1. The van der Waals surface area contributed by atoms with Gasteiger partial charge in [-0.25, -0.2) is 9.98 Å². The SMILES string of the molecule is CC(C)c1nc(CN=C(N)NC2CCCCC2)cs1. The number of thiazole rings is 1. The number of nitrogens with two attached hydrogens (primary N) is 1. The number of nitrogens with zero attached hydrogens (tertiary/aromatic N) is 2. The average Bonchev–Trinajstić information content (AvgIpc) is 2.86. The number of rotatable bonds is 4. The molecule has 3 N–H and O–H groups in total. The zero-order valence-corrected chi connectivity index (χ0v) is 12.7. The Hall–Kier alpha value is -1.10. The summed E-state index contributed by atoms with van der Waals surface area (Å²) in [5.41, 5.74) is 6.95. The van der Waals surface area contributed by atoms with Gasteiger partial charge in [0.1, 0.15) is 0 Å². The molecule has 1 aromatic heterocycles. The predicted molar refractivity (Wildman–Crippen MR) is 81.5 cm³/mol. The lowest BCUT2D eigenvalue weighted by molar-refractivity contribution is 0.412. The van der Waals surface area contributed by atoms with Crippen LogP contribution in [0, 0.1) is 0 Å². The lowest BCUT2D eigenvalue weighted by Gasteiger charge is -2.23. The van der Waals surface area contributed by atoms with Crippen LogP contribution in [-0.4, -0.2) is 17.0 Å². The predicted octanol–water partition coefficient (Wildman–Crippen LogP) is 3.00. The van der Waals surface area contributed by atoms with E-state index in [1.807, 2.05) is 0 Å². The molecule has 1 fully saturated rings. The monoisotopic (exact) mass is 280 g/mol. The van der Waals surface area contributed by atoms with E-state index < -0.39 is 0 Å². The van der Waals surface area contributed by atoms with Crippen LogP contribution in [0.4, 0.5) is 0 Å². The van der Waals surface area contributed by atoms with E-state index in [-0.39, 0.29) is 0 Å². The molecule has 4 nitrogen and oxygen atoms in total. The zero-order chi connectivity index (χ0) is 13.7. The summed E-state index contributed by atoms with van der Waals surface area (Å²) in [6.07, 6.45) is 6.38. The smallest absolute Gasteiger partial charge is 0.189 e. The van der Waals surface area contributed by atoms with Gasteiger partial charge in [0.05, 0.1) is 17.2 Å². The van der Waals surface area contributed by atoms with Crippen molar-refractivity contribution in [3.8, 4) is 0 Å². The summed E-state index contributed by atoms with van der Waals surface area (Å²) in [4.78, 5) is 8.95. The summed E-state index contributed by atoms with van der Waals surface area (Å²) in [6.45, 7) is 4.89. The molecule has 0 amide bonds. The van der Waals surface area contributed by atoms with Crippen LogP contribution in [0.5, 0.6) is 0 Å². The maximum absolute atomic E-state index is 5.93. The lowest BCUT2D eigenvalue weighted by Crippen LogP contribution is -2.41. The molecule has 0 aromatic carbocycles. The Morgan fingerprint density at radius 3 is 2.84 bits per heavy atom. The maximum Gasteiger partial charge on any atom is 0.189 e. The van der Waals surface area contributed by atoms with Crippen molar-refractivity contribution in [2.75, 3.05) is 0 Å². The van der Waals surface area contributed by atoms with Crippen molar-refractivity contribution in [3.63, 3.8) is 0 Å². The standard InChI is InChI=1S/C14H24N4S/c1-10(2)13-17-12(9-19-13)8-16-14(15)18-11-6-4-3-5-7-11/h9-11H,3-8H2,1-2H3,(H3,15,16,18). The highest BCUT2D eigenvalue weighted by Crippen LogP contribution is 2.19. The highest BCUT2D eigenvalue weighted by molar-refractivity contribution is 7.09. The van der Waals surface area contributed by atoms with Crippen LogP contribution in [0.15, 0.2) is 10.4 Å². The van der Waals surface area contributed by atoms with Crippen molar-refractivity contribution in [2.24, 2.45) is 10.7 Å². The molecule has 0 radical (unpaired) electrons. The molecule has 5 heteroatoms. The molecule has 0 saturated heterocycles. The first-order valence-electron chi connectivity index (χ1n) is 7.16. The van der Waals surface area contributed by atoms with Crippen molar-refractivity contribution >= 4 is 17.3 Å². The van der Waals surface area contributed by atoms with Crippen LogP contribution < -0.4 is 11.1 Å². The fraction of sp³-hybridized carbons (Fsp3) is 0.714. The first-order chi connectivity index (χ1) is 9.15. The Bertz CT molecular complexity index is 419. The van der Waals surface area contributed by atoms with Gasteiger partial charge in [0.2, 0.25) is 0 Å². The molecule has 0 atom stereocenters. The first kappa shape index (κ1) is 14.3. The quantitative estimate of drug-likeness (QED) is 0.658. The molecule has 0 aliphatic heterocycles. The van der Waals surface area contributed by atoms with Crippen molar-refractivity contribution in [1.82, 2.24) is 10.3 Å². The van der Waals surface area contributed by atoms with Gasteiger partial charge in [0.15, 0.2) is 5.96 Å². The van der Waals surface area contributed by atoms with Gasteiger partial charge in [-0.1, -0.05) is 33.1 Å². The molecule has 1 aliphatic carbocycles. The van der Waals surface area contributed by atoms with E-state index in [0.29, 0.717) is 24.5 Å². The fourth-order valence-electron chi connectivity index (χ4n) is 2.33. The number of hydrogen-bond acceptors (Lipinski definition) is 3. The average molecular weight is 280 g/mol. The van der Waals surface area contributed by atoms with Gasteiger partial charge in [-0.3, -0.25) is 0 Å². The van der Waals surface area contributed by atoms with Crippen LogP contribution in [0.2, 0.25) is 0 Å². The Balaban J connectivity index is 1.82. The topological polar surface area (TPSA) is 63.3 Å². The van der Waals surface area contributed by atoms with E-state index in [9.17, 15) is 0 Å². The van der Waals surface area contributed by atoms with Crippen molar-refractivity contribution < 1.29 is 0 Å². The van der Waals surface area contributed by atoms with E-state index in [0.717, 1.165) is 5.69 Å². The molecule has 1 saturated carbocycles. The third-order valence-corrected chi connectivity index (χ3v) is 4.63. The summed E-state index contributed by atoms with van der Waals surface area (Å²) in [6, 6.07) is 0.513. The van der Waals surface area contributed by atoms with Crippen LogP contribution in [0.25, 0.3) is 0 Å². The molecule has 0 bridgehead atoms. The number of aromatic nitrogens is 1. The van der Waals surface area contributed by atoms with Gasteiger partial charge < -0.3 is 11.1 Å². The van der Waals surface area contributed by atoms with Crippen molar-refractivity contribution in [1.29, 1.82) is 0 Å². The van der Waals surface area contributed by atoms with E-state index in [1.165, 1.54) is 37.1 Å². The second-order valence-corrected chi connectivity index (χ2v) is 6.40. The van der Waals surface area contributed by atoms with E-state index in [2.05, 4.69) is 34.5 Å². The zero-order valence-electron chi connectivity index (χ0n) is 11.9. The summed E-state index contributed by atoms with van der Waals surface area (Å²) in [7, 11) is 0. The minimum absolute atomic E-state index is 0.487. The maximum atomic E-state index is 5.93. The minimum atomic E-state index is 0.487. The summed E-state index contributed by atoms with van der Waals surface area (Å²) in [5.74, 6) is 1.05. The molecule has 1 aromatic rings.